The van der Waals surface area contributed by atoms with E-state index in [1.807, 2.05) is 79.4 Å². The molecule has 2 heterocycles. The number of hydrogen-bond acceptors (Lipinski definition) is 4. The van der Waals surface area contributed by atoms with E-state index < -0.39 is 0 Å². The minimum absolute atomic E-state index is 0.120. The Labute approximate surface area is 203 Å². The number of nitrogens with zero attached hydrogens (tertiary/aromatic N) is 1. The van der Waals surface area contributed by atoms with E-state index in [0.717, 1.165) is 39.0 Å². The summed E-state index contributed by atoms with van der Waals surface area (Å²) in [6, 6.07) is 21.8. The van der Waals surface area contributed by atoms with Crippen LogP contribution in [0, 0.1) is 13.8 Å². The predicted octanol–water partition coefficient (Wildman–Crippen LogP) is 5.27. The van der Waals surface area contributed by atoms with Gasteiger partial charge in [-0.15, -0.1) is 0 Å². The first-order valence-corrected chi connectivity index (χ1v) is 11.5. The molecule has 0 bridgehead atoms. The summed E-state index contributed by atoms with van der Waals surface area (Å²) in [4.78, 5) is 17.9. The number of H-pyrrole nitrogens is 1. The molecular weight excluding hydrogens is 446 g/mol. The van der Waals surface area contributed by atoms with Crippen molar-refractivity contribution < 1.29 is 9.47 Å². The molecule has 1 aromatic heterocycles. The normalized spacial score (nSPS) is 12.1. The quantitative estimate of drug-likeness (QED) is 0.387. The van der Waals surface area contributed by atoms with Crippen LogP contribution in [0.15, 0.2) is 71.5 Å². The number of rotatable bonds is 5. The fraction of sp³-hybridized carbons (Fsp3) is 0.185. The van der Waals surface area contributed by atoms with E-state index in [1.165, 1.54) is 0 Å². The van der Waals surface area contributed by atoms with Crippen LogP contribution < -0.4 is 20.3 Å². The number of fused-ring (bicyclic) bond motifs is 2. The van der Waals surface area contributed by atoms with Crippen molar-refractivity contribution in [1.29, 1.82) is 0 Å². The van der Waals surface area contributed by atoms with Crippen molar-refractivity contribution in [2.45, 2.75) is 26.9 Å². The molecule has 172 valence electrons. The molecule has 3 aromatic carbocycles. The molecule has 1 aliphatic rings. The molecule has 7 heteroatoms. The summed E-state index contributed by atoms with van der Waals surface area (Å²) in [7, 11) is 0. The van der Waals surface area contributed by atoms with Crippen molar-refractivity contribution in [3.05, 3.63) is 99.3 Å². The third-order valence-electron chi connectivity index (χ3n) is 5.80. The summed E-state index contributed by atoms with van der Waals surface area (Å²) in [5, 5.41) is 4.86. The van der Waals surface area contributed by atoms with Crippen LogP contribution >= 0.6 is 12.2 Å². The molecule has 1 aliphatic heterocycles. The second-order valence-electron chi connectivity index (χ2n) is 8.56. The maximum atomic E-state index is 12.9. The molecule has 0 amide bonds. The van der Waals surface area contributed by atoms with Crippen LogP contribution in [0.1, 0.15) is 22.3 Å². The minimum Gasteiger partial charge on any atom is -0.454 e. The fourth-order valence-corrected chi connectivity index (χ4v) is 4.33. The largest absolute Gasteiger partial charge is 0.454 e. The van der Waals surface area contributed by atoms with E-state index in [1.54, 1.807) is 0 Å². The summed E-state index contributed by atoms with van der Waals surface area (Å²) in [6.45, 7) is 5.15. The molecule has 6 nitrogen and oxygen atoms in total. The Morgan fingerprint density at radius 2 is 1.79 bits per heavy atom. The van der Waals surface area contributed by atoms with Crippen molar-refractivity contribution >= 4 is 33.9 Å². The molecule has 0 saturated heterocycles. The number of thiocarbonyl (C=S) groups is 1. The van der Waals surface area contributed by atoms with E-state index in [9.17, 15) is 4.79 Å². The smallest absolute Gasteiger partial charge is 0.253 e. The lowest BCUT2D eigenvalue weighted by atomic mass is 10.1. The highest BCUT2D eigenvalue weighted by atomic mass is 32.1. The molecule has 4 aromatic rings. The van der Waals surface area contributed by atoms with Gasteiger partial charge >= 0.3 is 0 Å². The zero-order valence-electron chi connectivity index (χ0n) is 19.1. The Morgan fingerprint density at radius 3 is 2.65 bits per heavy atom. The fourth-order valence-electron chi connectivity index (χ4n) is 4.08. The molecule has 5 rings (SSSR count). The topological polar surface area (TPSA) is 66.6 Å². The molecule has 0 aliphatic carbocycles. The maximum Gasteiger partial charge on any atom is 0.253 e. The Hall–Kier alpha value is -3.84. The molecule has 0 atom stereocenters. The Morgan fingerprint density at radius 1 is 0.971 bits per heavy atom. The second-order valence-corrected chi connectivity index (χ2v) is 8.94. The summed E-state index contributed by atoms with van der Waals surface area (Å²) < 4.78 is 11.0. The number of pyridine rings is 1. The molecule has 0 spiro atoms. The van der Waals surface area contributed by atoms with Gasteiger partial charge in [0.2, 0.25) is 6.79 Å². The zero-order chi connectivity index (χ0) is 23.7. The SMILES string of the molecule is Cc1cccc(NC(=S)N(Cc2ccc3c(c2)OCO3)Cc2cc3cc(C)ccc3[nH]c2=O)c1. The molecule has 2 N–H and O–H groups in total. The standard InChI is InChI=1S/C27H25N3O3S/c1-17-4-3-5-22(11-17)28-27(34)30(14-19-7-9-24-25(12-19)33-16-32-24)15-21-13-20-10-18(2)6-8-23(20)29-26(21)31/h3-13H,14-16H2,1-2H3,(H,28,34)(H,29,31). The molecule has 0 saturated carbocycles. The lowest BCUT2D eigenvalue weighted by Crippen LogP contribution is -2.35. The van der Waals surface area contributed by atoms with E-state index in [2.05, 4.69) is 16.4 Å². The van der Waals surface area contributed by atoms with Crippen LogP contribution in [-0.4, -0.2) is 21.8 Å². The van der Waals surface area contributed by atoms with Gasteiger partial charge in [0.1, 0.15) is 0 Å². The lowest BCUT2D eigenvalue weighted by molar-refractivity contribution is 0.174. The number of benzene rings is 3. The Kier molecular flexibility index (Phi) is 5.94. The minimum atomic E-state index is -0.120. The predicted molar refractivity (Wildman–Crippen MR) is 139 cm³/mol. The van der Waals surface area contributed by atoms with Crippen molar-refractivity contribution in [2.75, 3.05) is 12.1 Å². The Balaban J connectivity index is 1.47. The maximum absolute atomic E-state index is 12.9. The third-order valence-corrected chi connectivity index (χ3v) is 6.17. The van der Waals surface area contributed by atoms with Gasteiger partial charge in [-0.3, -0.25) is 4.79 Å². The van der Waals surface area contributed by atoms with Gasteiger partial charge in [-0.05, 0) is 85.0 Å². The van der Waals surface area contributed by atoms with Gasteiger partial charge in [-0.25, -0.2) is 0 Å². The number of aromatic amines is 1. The van der Waals surface area contributed by atoms with Gasteiger partial charge < -0.3 is 24.7 Å². The zero-order valence-corrected chi connectivity index (χ0v) is 19.9. The van der Waals surface area contributed by atoms with Gasteiger partial charge in [0.05, 0.1) is 6.54 Å². The van der Waals surface area contributed by atoms with E-state index in [4.69, 9.17) is 21.7 Å². The van der Waals surface area contributed by atoms with E-state index >= 15 is 0 Å². The summed E-state index contributed by atoms with van der Waals surface area (Å²) in [5.41, 5.74) is 5.53. The molecule has 34 heavy (non-hydrogen) atoms. The average molecular weight is 472 g/mol. The highest BCUT2D eigenvalue weighted by molar-refractivity contribution is 7.80. The summed E-state index contributed by atoms with van der Waals surface area (Å²) >= 11 is 5.80. The number of hydrogen-bond donors (Lipinski definition) is 2. The highest BCUT2D eigenvalue weighted by Gasteiger charge is 2.18. The van der Waals surface area contributed by atoms with E-state index in [-0.39, 0.29) is 12.4 Å². The van der Waals surface area contributed by atoms with Gasteiger partial charge in [0, 0.05) is 23.3 Å². The van der Waals surface area contributed by atoms with E-state index in [0.29, 0.717) is 29.5 Å². The van der Waals surface area contributed by atoms with Crippen LogP contribution in [0.5, 0.6) is 11.5 Å². The third kappa shape index (κ3) is 4.75. The second kappa shape index (κ2) is 9.19. The monoisotopic (exact) mass is 471 g/mol. The van der Waals surface area contributed by atoms with Crippen LogP contribution in [0.3, 0.4) is 0 Å². The van der Waals surface area contributed by atoms with Crippen molar-refractivity contribution in [3.8, 4) is 11.5 Å². The van der Waals surface area contributed by atoms with Gasteiger partial charge in [0.15, 0.2) is 16.6 Å². The highest BCUT2D eigenvalue weighted by Crippen LogP contribution is 2.33. The Bertz CT molecular complexity index is 1450. The van der Waals surface area contributed by atoms with Crippen LogP contribution in [0.25, 0.3) is 10.9 Å². The van der Waals surface area contributed by atoms with Gasteiger partial charge in [-0.1, -0.05) is 29.8 Å². The molecule has 0 fully saturated rings. The average Bonchev–Trinajstić information content (AvgIpc) is 3.27. The number of aromatic nitrogens is 1. The van der Waals surface area contributed by atoms with Gasteiger partial charge in [-0.2, -0.15) is 0 Å². The van der Waals surface area contributed by atoms with Gasteiger partial charge in [0.25, 0.3) is 5.56 Å². The van der Waals surface area contributed by atoms with Crippen molar-refractivity contribution in [2.24, 2.45) is 0 Å². The van der Waals surface area contributed by atoms with Crippen LogP contribution in [0.4, 0.5) is 5.69 Å². The molecular formula is C27H25N3O3S. The number of aryl methyl sites for hydroxylation is 2. The van der Waals surface area contributed by atoms with Crippen molar-refractivity contribution in [1.82, 2.24) is 9.88 Å². The number of anilines is 1. The van der Waals surface area contributed by atoms with Crippen LogP contribution in [-0.2, 0) is 13.1 Å². The summed E-state index contributed by atoms with van der Waals surface area (Å²) in [6.07, 6.45) is 0. The first-order chi connectivity index (χ1) is 16.4. The molecule has 0 unspecified atom stereocenters. The molecule has 0 radical (unpaired) electrons. The van der Waals surface area contributed by atoms with Crippen LogP contribution in [0.2, 0.25) is 0 Å². The number of ether oxygens (including phenoxy) is 2. The summed E-state index contributed by atoms with van der Waals surface area (Å²) in [5.74, 6) is 1.45. The first-order valence-electron chi connectivity index (χ1n) is 11.1. The number of nitrogens with one attached hydrogen (secondary N) is 2. The van der Waals surface area contributed by atoms with Crippen molar-refractivity contribution in [3.63, 3.8) is 0 Å². The lowest BCUT2D eigenvalue weighted by Gasteiger charge is -2.26. The first kappa shape index (κ1) is 22.0.